The molecule has 0 amide bonds. The number of carboxylic acid groups (broad SMARTS) is 1. The molecule has 1 spiro atoms. The molecular formula is C18H26N2O3. The molecule has 5 nitrogen and oxygen atoms in total. The zero-order chi connectivity index (χ0) is 16.3. The quantitative estimate of drug-likeness (QED) is 0.904. The Hall–Kier alpha value is -1.62. The fourth-order valence-electron chi connectivity index (χ4n) is 4.14. The van der Waals surface area contributed by atoms with Gasteiger partial charge >= 0.3 is 5.97 Å². The summed E-state index contributed by atoms with van der Waals surface area (Å²) in [5.74, 6) is -0.125. The fraction of sp³-hybridized carbons (Fsp3) is 0.667. The van der Waals surface area contributed by atoms with Gasteiger partial charge in [0, 0.05) is 18.6 Å². The molecule has 1 aromatic rings. The van der Waals surface area contributed by atoms with Crippen LogP contribution < -0.4 is 4.74 Å². The van der Waals surface area contributed by atoms with E-state index in [9.17, 15) is 9.90 Å². The summed E-state index contributed by atoms with van der Waals surface area (Å²) in [5, 5.41) is 9.39. The van der Waals surface area contributed by atoms with E-state index in [4.69, 9.17) is 4.74 Å². The number of aliphatic carboxylic acids is 1. The van der Waals surface area contributed by atoms with Crippen molar-refractivity contribution in [3.05, 3.63) is 24.0 Å². The van der Waals surface area contributed by atoms with Gasteiger partial charge in [-0.1, -0.05) is 12.8 Å². The molecule has 2 fully saturated rings. The number of pyridine rings is 1. The molecule has 0 bridgehead atoms. The minimum absolute atomic E-state index is 0.201. The topological polar surface area (TPSA) is 62.7 Å². The molecule has 1 saturated carbocycles. The molecular weight excluding hydrogens is 292 g/mol. The smallest absolute Gasteiger partial charge is 0.307 e. The van der Waals surface area contributed by atoms with Crippen LogP contribution in [0, 0.1) is 5.92 Å². The van der Waals surface area contributed by atoms with Gasteiger partial charge in [-0.15, -0.1) is 0 Å². The Labute approximate surface area is 137 Å². The maximum Gasteiger partial charge on any atom is 0.307 e. The van der Waals surface area contributed by atoms with Gasteiger partial charge in [0.2, 0.25) is 0 Å². The summed E-state index contributed by atoms with van der Waals surface area (Å²) in [6.07, 6.45) is 8.46. The standard InChI is InChI=1S/C18H26N2O3/c1-2-23-16-6-5-15(19-11-16)13-20-12-14(17(21)22)7-10-18(20)8-3-4-9-18/h5-6,11,14H,2-4,7-10,12-13H2,1H3,(H,21,22). The number of ether oxygens (including phenoxy) is 1. The molecule has 1 N–H and O–H groups in total. The van der Waals surface area contributed by atoms with Crippen molar-refractivity contribution in [2.45, 2.75) is 57.5 Å². The Morgan fingerprint density at radius 1 is 1.39 bits per heavy atom. The number of hydrogen-bond acceptors (Lipinski definition) is 4. The molecule has 3 rings (SSSR count). The number of piperidine rings is 1. The van der Waals surface area contributed by atoms with Crippen molar-refractivity contribution in [1.29, 1.82) is 0 Å². The lowest BCUT2D eigenvalue weighted by molar-refractivity contribution is -0.145. The Bertz CT molecular complexity index is 538. The van der Waals surface area contributed by atoms with Crippen molar-refractivity contribution in [2.24, 2.45) is 5.92 Å². The third-order valence-electron chi connectivity index (χ3n) is 5.41. The second-order valence-electron chi connectivity index (χ2n) is 6.80. The first-order valence-corrected chi connectivity index (χ1v) is 8.68. The van der Waals surface area contributed by atoms with E-state index < -0.39 is 5.97 Å². The van der Waals surface area contributed by atoms with Gasteiger partial charge in [0.05, 0.1) is 24.4 Å². The molecule has 1 aromatic heterocycles. The van der Waals surface area contributed by atoms with Gasteiger partial charge in [-0.05, 0) is 44.7 Å². The summed E-state index contributed by atoms with van der Waals surface area (Å²) in [6.45, 7) is 3.97. The third-order valence-corrected chi connectivity index (χ3v) is 5.41. The summed E-state index contributed by atoms with van der Waals surface area (Å²) in [4.78, 5) is 18.3. The van der Waals surface area contributed by atoms with E-state index in [1.165, 1.54) is 25.7 Å². The van der Waals surface area contributed by atoms with Gasteiger partial charge in [-0.2, -0.15) is 0 Å². The number of carboxylic acids is 1. The Morgan fingerprint density at radius 3 is 2.78 bits per heavy atom. The average Bonchev–Trinajstić information content (AvgIpc) is 3.01. The summed E-state index contributed by atoms with van der Waals surface area (Å²) in [7, 11) is 0. The normalized spacial score (nSPS) is 24.0. The second kappa shape index (κ2) is 6.87. The summed E-state index contributed by atoms with van der Waals surface area (Å²) >= 11 is 0. The average molecular weight is 318 g/mol. The largest absolute Gasteiger partial charge is 0.492 e. The number of likely N-dealkylation sites (tertiary alicyclic amines) is 1. The lowest BCUT2D eigenvalue weighted by atomic mass is 9.80. The Kier molecular flexibility index (Phi) is 4.85. The van der Waals surface area contributed by atoms with Crippen LogP contribution in [0.25, 0.3) is 0 Å². The highest BCUT2D eigenvalue weighted by Gasteiger charge is 2.44. The molecule has 23 heavy (non-hydrogen) atoms. The number of nitrogens with zero attached hydrogens (tertiary/aromatic N) is 2. The maximum atomic E-state index is 11.4. The minimum atomic E-state index is -0.664. The third kappa shape index (κ3) is 3.50. The van der Waals surface area contributed by atoms with Crippen LogP contribution in [0.2, 0.25) is 0 Å². The van der Waals surface area contributed by atoms with Crippen LogP contribution in [-0.2, 0) is 11.3 Å². The first-order valence-electron chi connectivity index (χ1n) is 8.68. The lowest BCUT2D eigenvalue weighted by Crippen LogP contribution is -2.53. The monoisotopic (exact) mass is 318 g/mol. The first kappa shape index (κ1) is 16.2. The van der Waals surface area contributed by atoms with Crippen LogP contribution in [0.15, 0.2) is 18.3 Å². The van der Waals surface area contributed by atoms with E-state index in [0.29, 0.717) is 13.2 Å². The maximum absolute atomic E-state index is 11.4. The summed E-state index contributed by atoms with van der Waals surface area (Å²) < 4.78 is 5.44. The van der Waals surface area contributed by atoms with E-state index in [-0.39, 0.29) is 11.5 Å². The van der Waals surface area contributed by atoms with Gasteiger partial charge < -0.3 is 9.84 Å². The Balaban J connectivity index is 1.74. The Morgan fingerprint density at radius 2 is 2.17 bits per heavy atom. The van der Waals surface area contributed by atoms with E-state index in [1.54, 1.807) is 6.20 Å². The zero-order valence-corrected chi connectivity index (χ0v) is 13.8. The first-order chi connectivity index (χ1) is 11.1. The highest BCUT2D eigenvalue weighted by atomic mass is 16.5. The molecule has 126 valence electrons. The van der Waals surface area contributed by atoms with Gasteiger partial charge in [-0.3, -0.25) is 14.7 Å². The molecule has 0 radical (unpaired) electrons. The molecule has 1 aliphatic heterocycles. The highest BCUT2D eigenvalue weighted by molar-refractivity contribution is 5.70. The molecule has 0 aromatic carbocycles. The molecule has 1 aliphatic carbocycles. The number of rotatable bonds is 5. The summed E-state index contributed by atoms with van der Waals surface area (Å²) in [5.41, 5.74) is 1.19. The van der Waals surface area contributed by atoms with Crippen molar-refractivity contribution in [3.63, 3.8) is 0 Å². The number of hydrogen-bond donors (Lipinski definition) is 1. The molecule has 1 atom stereocenters. The molecule has 1 unspecified atom stereocenters. The van der Waals surface area contributed by atoms with Crippen LogP contribution in [0.1, 0.15) is 51.1 Å². The van der Waals surface area contributed by atoms with E-state index >= 15 is 0 Å². The predicted octanol–water partition coefficient (Wildman–Crippen LogP) is 3.09. The van der Waals surface area contributed by atoms with Crippen LogP contribution in [0.4, 0.5) is 0 Å². The van der Waals surface area contributed by atoms with Gasteiger partial charge in [0.1, 0.15) is 5.75 Å². The zero-order valence-electron chi connectivity index (χ0n) is 13.8. The fourth-order valence-corrected chi connectivity index (χ4v) is 4.14. The van der Waals surface area contributed by atoms with Crippen LogP contribution in [0.3, 0.4) is 0 Å². The SMILES string of the molecule is CCOc1ccc(CN2CC(C(=O)O)CCC23CCCC3)nc1. The van der Waals surface area contributed by atoms with Gasteiger partial charge in [0.15, 0.2) is 0 Å². The van der Waals surface area contributed by atoms with Crippen molar-refractivity contribution in [3.8, 4) is 5.75 Å². The molecule has 2 heterocycles. The van der Waals surface area contributed by atoms with Gasteiger partial charge in [-0.25, -0.2) is 0 Å². The van der Waals surface area contributed by atoms with E-state index in [1.807, 2.05) is 19.1 Å². The molecule has 2 aliphatic rings. The summed E-state index contributed by atoms with van der Waals surface area (Å²) in [6, 6.07) is 3.95. The lowest BCUT2D eigenvalue weighted by Gasteiger charge is -2.47. The van der Waals surface area contributed by atoms with Crippen molar-refractivity contribution >= 4 is 5.97 Å². The van der Waals surface area contributed by atoms with Crippen LogP contribution >= 0.6 is 0 Å². The predicted molar refractivity (Wildman–Crippen MR) is 87.4 cm³/mol. The number of aromatic nitrogens is 1. The van der Waals surface area contributed by atoms with E-state index in [2.05, 4.69) is 9.88 Å². The van der Waals surface area contributed by atoms with Crippen molar-refractivity contribution in [2.75, 3.05) is 13.2 Å². The van der Waals surface area contributed by atoms with Crippen molar-refractivity contribution < 1.29 is 14.6 Å². The van der Waals surface area contributed by atoms with Gasteiger partial charge in [0.25, 0.3) is 0 Å². The number of carbonyl (C=O) groups is 1. The van der Waals surface area contributed by atoms with Crippen LogP contribution in [-0.4, -0.2) is 39.7 Å². The molecule has 5 heteroatoms. The second-order valence-corrected chi connectivity index (χ2v) is 6.80. The van der Waals surface area contributed by atoms with E-state index in [0.717, 1.165) is 30.8 Å². The highest BCUT2D eigenvalue weighted by Crippen LogP contribution is 2.44. The molecule has 1 saturated heterocycles. The van der Waals surface area contributed by atoms with Crippen LogP contribution in [0.5, 0.6) is 5.75 Å². The van der Waals surface area contributed by atoms with Crippen molar-refractivity contribution in [1.82, 2.24) is 9.88 Å². The minimum Gasteiger partial charge on any atom is -0.492 e.